The van der Waals surface area contributed by atoms with Crippen LogP contribution in [-0.4, -0.2) is 58.6 Å². The molecule has 3 amide bonds. The van der Waals surface area contributed by atoms with Gasteiger partial charge in [0.2, 0.25) is 11.8 Å². The maximum atomic E-state index is 12.7. The van der Waals surface area contributed by atoms with Gasteiger partial charge in [-0.3, -0.25) is 9.59 Å². The minimum atomic E-state index is -0.647. The molecule has 1 N–H and O–H groups in total. The van der Waals surface area contributed by atoms with E-state index in [4.69, 9.17) is 4.74 Å². The Balaban J connectivity index is 1.86. The first-order chi connectivity index (χ1) is 11.3. The zero-order valence-corrected chi connectivity index (χ0v) is 14.6. The fourth-order valence-corrected chi connectivity index (χ4v) is 3.64. The van der Waals surface area contributed by atoms with Gasteiger partial charge >= 0.3 is 6.09 Å². The van der Waals surface area contributed by atoms with E-state index in [1.54, 1.807) is 32.3 Å². The second kappa shape index (κ2) is 6.04. The molecule has 9 heteroatoms. The van der Waals surface area contributed by atoms with Crippen LogP contribution >= 0.6 is 11.3 Å². The molecule has 2 aliphatic rings. The van der Waals surface area contributed by atoms with E-state index in [0.717, 1.165) is 0 Å². The number of fused-ring (bicyclic) bond motifs is 1. The Bertz CT molecular complexity index is 631. The molecule has 2 aliphatic heterocycles. The van der Waals surface area contributed by atoms with Gasteiger partial charge in [0.1, 0.15) is 11.6 Å². The normalized spacial score (nSPS) is 23.7. The van der Waals surface area contributed by atoms with Gasteiger partial charge in [-0.05, 0) is 27.2 Å². The van der Waals surface area contributed by atoms with E-state index < -0.39 is 17.7 Å². The van der Waals surface area contributed by atoms with Crippen LogP contribution in [0.4, 0.5) is 9.93 Å². The van der Waals surface area contributed by atoms with E-state index in [1.807, 2.05) is 0 Å². The topological polar surface area (TPSA) is 91.8 Å². The first-order valence-electron chi connectivity index (χ1n) is 7.75. The highest BCUT2D eigenvalue weighted by atomic mass is 32.1. The van der Waals surface area contributed by atoms with Gasteiger partial charge in [-0.25, -0.2) is 14.7 Å². The molecule has 8 nitrogen and oxygen atoms in total. The second-order valence-electron chi connectivity index (χ2n) is 6.83. The Hall–Kier alpha value is -2.16. The van der Waals surface area contributed by atoms with Gasteiger partial charge in [0.15, 0.2) is 5.13 Å². The zero-order valence-electron chi connectivity index (χ0n) is 13.8. The van der Waals surface area contributed by atoms with Gasteiger partial charge in [0.05, 0.1) is 12.6 Å². The second-order valence-corrected chi connectivity index (χ2v) is 7.71. The maximum absolute atomic E-state index is 12.7. The summed E-state index contributed by atoms with van der Waals surface area (Å²) in [5, 5.41) is 4.86. The smallest absolute Gasteiger partial charge is 0.416 e. The lowest BCUT2D eigenvalue weighted by Crippen LogP contribution is -2.55. The van der Waals surface area contributed by atoms with Crippen LogP contribution in [0.1, 0.15) is 27.2 Å². The van der Waals surface area contributed by atoms with Crippen molar-refractivity contribution in [2.24, 2.45) is 0 Å². The number of amides is 3. The number of aromatic nitrogens is 1. The van der Waals surface area contributed by atoms with E-state index in [-0.39, 0.29) is 24.4 Å². The van der Waals surface area contributed by atoms with Crippen LogP contribution in [0, 0.1) is 0 Å². The molecule has 2 fully saturated rings. The molecule has 2 unspecified atom stereocenters. The molecule has 2 saturated heterocycles. The zero-order chi connectivity index (χ0) is 17.5. The third-order valence-corrected chi connectivity index (χ3v) is 4.67. The lowest BCUT2D eigenvalue weighted by atomic mass is 10.1. The maximum Gasteiger partial charge on any atom is 0.416 e. The van der Waals surface area contributed by atoms with Crippen molar-refractivity contribution in [3.63, 3.8) is 0 Å². The molecule has 0 saturated carbocycles. The van der Waals surface area contributed by atoms with E-state index >= 15 is 0 Å². The molecule has 0 spiro atoms. The van der Waals surface area contributed by atoms with Crippen molar-refractivity contribution in [3.8, 4) is 0 Å². The lowest BCUT2D eigenvalue weighted by Gasteiger charge is -2.30. The number of ether oxygens (including phenoxy) is 1. The average molecular weight is 352 g/mol. The predicted molar refractivity (Wildman–Crippen MR) is 87.7 cm³/mol. The molecule has 0 aromatic carbocycles. The number of anilines is 1. The van der Waals surface area contributed by atoms with Crippen molar-refractivity contribution in [1.29, 1.82) is 0 Å². The molecule has 1 aromatic rings. The summed E-state index contributed by atoms with van der Waals surface area (Å²) in [6.07, 6.45) is 1.46. The van der Waals surface area contributed by atoms with Gasteiger partial charge in [-0.15, -0.1) is 11.3 Å². The van der Waals surface area contributed by atoms with Crippen LogP contribution in [0.15, 0.2) is 11.6 Å². The highest BCUT2D eigenvalue weighted by Gasteiger charge is 2.46. The van der Waals surface area contributed by atoms with Gasteiger partial charge in [0, 0.05) is 18.1 Å². The predicted octanol–water partition coefficient (Wildman–Crippen LogP) is 0.984. The van der Waals surface area contributed by atoms with Crippen LogP contribution in [0.5, 0.6) is 0 Å². The van der Waals surface area contributed by atoms with Crippen LogP contribution in [0.2, 0.25) is 0 Å². The average Bonchev–Trinajstić information content (AvgIpc) is 3.12. The molecule has 130 valence electrons. The van der Waals surface area contributed by atoms with E-state index in [1.165, 1.54) is 21.1 Å². The van der Waals surface area contributed by atoms with Crippen LogP contribution in [0.3, 0.4) is 0 Å². The molecule has 3 rings (SSSR count). The first kappa shape index (κ1) is 16.7. The summed E-state index contributed by atoms with van der Waals surface area (Å²) in [6.45, 7) is 5.68. The van der Waals surface area contributed by atoms with E-state index in [2.05, 4.69) is 10.3 Å². The summed E-state index contributed by atoms with van der Waals surface area (Å²) in [7, 11) is 0. The van der Waals surface area contributed by atoms with Gasteiger partial charge in [0.25, 0.3) is 0 Å². The van der Waals surface area contributed by atoms with Crippen molar-refractivity contribution >= 4 is 34.4 Å². The highest BCUT2D eigenvalue weighted by Crippen LogP contribution is 2.30. The largest absolute Gasteiger partial charge is 0.443 e. The summed E-state index contributed by atoms with van der Waals surface area (Å²) >= 11 is 1.32. The molecule has 2 atom stereocenters. The molecule has 1 aromatic heterocycles. The van der Waals surface area contributed by atoms with E-state index in [0.29, 0.717) is 18.1 Å². The van der Waals surface area contributed by atoms with Crippen LogP contribution in [0.25, 0.3) is 0 Å². The number of piperazine rings is 1. The summed E-state index contributed by atoms with van der Waals surface area (Å²) < 4.78 is 5.49. The molecule has 0 aliphatic carbocycles. The Kier molecular flexibility index (Phi) is 4.20. The van der Waals surface area contributed by atoms with Gasteiger partial charge in [-0.2, -0.15) is 0 Å². The van der Waals surface area contributed by atoms with Crippen LogP contribution < -0.4 is 10.2 Å². The third kappa shape index (κ3) is 3.21. The number of hydrogen-bond donors (Lipinski definition) is 1. The minimum absolute atomic E-state index is 0.00570. The van der Waals surface area contributed by atoms with E-state index in [9.17, 15) is 14.4 Å². The quantitative estimate of drug-likeness (QED) is 0.857. The number of nitrogens with zero attached hydrogens (tertiary/aromatic N) is 3. The monoisotopic (exact) mass is 352 g/mol. The summed E-state index contributed by atoms with van der Waals surface area (Å²) in [5.74, 6) is -0.314. The number of carbonyl (C=O) groups is 3. The molecular formula is C15H20N4O4S. The summed E-state index contributed by atoms with van der Waals surface area (Å²) in [5.41, 5.74) is -0.647. The van der Waals surface area contributed by atoms with Crippen molar-refractivity contribution in [2.75, 3.05) is 18.0 Å². The third-order valence-electron chi connectivity index (χ3n) is 3.90. The highest BCUT2D eigenvalue weighted by molar-refractivity contribution is 7.13. The Morgan fingerprint density at radius 2 is 2.21 bits per heavy atom. The van der Waals surface area contributed by atoms with Crippen LogP contribution in [-0.2, 0) is 14.3 Å². The van der Waals surface area contributed by atoms with Gasteiger partial charge in [-0.1, -0.05) is 0 Å². The number of thiazole rings is 1. The fourth-order valence-electron chi connectivity index (χ4n) is 2.94. The Labute approximate surface area is 143 Å². The summed E-state index contributed by atoms with van der Waals surface area (Å²) in [4.78, 5) is 43.9. The molecule has 24 heavy (non-hydrogen) atoms. The van der Waals surface area contributed by atoms with Gasteiger partial charge < -0.3 is 15.0 Å². The number of carbonyl (C=O) groups excluding carboxylic acids is 3. The standard InChI is InChI=1S/C15H20N4O4S/c1-15(2,3)23-14(22)19(13-16-4-5-24-13)9-6-10-12(21)17-7-11(20)18(10)8-9/h4-5,9-10H,6-8H2,1-3H3,(H,17,21). The molecule has 3 heterocycles. The molecule has 0 radical (unpaired) electrons. The Morgan fingerprint density at radius 1 is 1.46 bits per heavy atom. The number of nitrogens with one attached hydrogen (secondary N) is 1. The SMILES string of the molecule is CC(C)(C)OC(=O)N(c1nccs1)C1CC2C(=O)NCC(=O)N2C1. The van der Waals surface area contributed by atoms with Crippen molar-refractivity contribution in [3.05, 3.63) is 11.6 Å². The van der Waals surface area contributed by atoms with Crippen molar-refractivity contribution in [1.82, 2.24) is 15.2 Å². The minimum Gasteiger partial charge on any atom is -0.443 e. The molecule has 0 bridgehead atoms. The van der Waals surface area contributed by atoms with Crippen molar-refractivity contribution < 1.29 is 19.1 Å². The lowest BCUT2D eigenvalue weighted by molar-refractivity contribution is -0.143. The van der Waals surface area contributed by atoms with Crippen molar-refractivity contribution in [2.45, 2.75) is 44.9 Å². The first-order valence-corrected chi connectivity index (χ1v) is 8.63. The Morgan fingerprint density at radius 3 is 2.79 bits per heavy atom. The number of rotatable bonds is 2. The summed E-state index contributed by atoms with van der Waals surface area (Å²) in [6, 6.07) is -0.884. The fraction of sp³-hybridized carbons (Fsp3) is 0.600. The molecular weight excluding hydrogens is 332 g/mol. The number of hydrogen-bond acceptors (Lipinski definition) is 6.